The normalized spacial score (nSPS) is 20.2. The Morgan fingerprint density at radius 2 is 0.625 bits per heavy atom. The summed E-state index contributed by atoms with van der Waals surface area (Å²) in [5.41, 5.74) is 0. The van der Waals surface area contributed by atoms with E-state index in [1.807, 2.05) is 0 Å². The molecule has 0 aliphatic heterocycles. The number of rotatable bonds is 0. The summed E-state index contributed by atoms with van der Waals surface area (Å²) in [4.78, 5) is 0. The van der Waals surface area contributed by atoms with Gasteiger partial charge in [0.25, 0.3) is 0 Å². The fourth-order valence-corrected chi connectivity index (χ4v) is 0. The van der Waals surface area contributed by atoms with Crippen LogP contribution in [0, 0.1) is 0 Å². The standard InChI is InChI=1S/6FH.Fe.H3N/h6*1H;;1H3/q;;;;;;+6;/p-6. The summed E-state index contributed by atoms with van der Waals surface area (Å²) in [6, 6.07) is 0. The van der Waals surface area contributed by atoms with Crippen molar-refractivity contribution >= 4 is 0 Å². The fraction of sp³-hybridized carbons (Fsp3) is 0. The van der Waals surface area contributed by atoms with Crippen molar-refractivity contribution in [3.63, 3.8) is 0 Å². The Balaban J connectivity index is 0. The molecule has 58 valence electrons. The van der Waals surface area contributed by atoms with E-state index in [-0.39, 0.29) is 6.15 Å². The van der Waals surface area contributed by atoms with Crippen LogP contribution in [0.15, 0.2) is 0 Å². The van der Waals surface area contributed by atoms with E-state index in [2.05, 4.69) is 0 Å². The summed E-state index contributed by atoms with van der Waals surface area (Å²) in [6.07, 6.45) is 0. The summed E-state index contributed by atoms with van der Waals surface area (Å²) < 4.78 is 59.2. The molecular weight excluding hydrogens is 184 g/mol. The van der Waals surface area contributed by atoms with Gasteiger partial charge in [-0.1, -0.05) is 0 Å². The van der Waals surface area contributed by atoms with Crippen molar-refractivity contribution in [1.29, 1.82) is 0 Å². The predicted molar refractivity (Wildman–Crippen MR) is 11.7 cm³/mol. The minimum atomic E-state index is -10.8. The van der Waals surface area contributed by atoms with Crippen molar-refractivity contribution in [2.75, 3.05) is 0 Å². The molecule has 0 atom stereocenters. The Labute approximate surface area is 41.9 Å². The van der Waals surface area contributed by atoms with Gasteiger partial charge in [0.1, 0.15) is 0 Å². The van der Waals surface area contributed by atoms with Gasteiger partial charge in [-0.25, -0.2) is 0 Å². The van der Waals surface area contributed by atoms with Crippen LogP contribution >= 0.6 is 0 Å². The van der Waals surface area contributed by atoms with Gasteiger partial charge in [-0.2, -0.15) is 0 Å². The van der Waals surface area contributed by atoms with E-state index in [0.717, 1.165) is 0 Å². The first kappa shape index (κ1) is 10.9. The molecule has 0 unspecified atom stereocenters. The molecular formula is H3F6FeN. The van der Waals surface area contributed by atoms with Crippen LogP contribution in [0.25, 0.3) is 0 Å². The Morgan fingerprint density at radius 3 is 0.625 bits per heavy atom. The first-order chi connectivity index (χ1) is 2.45. The second kappa shape index (κ2) is 1.14. The van der Waals surface area contributed by atoms with E-state index in [4.69, 9.17) is 0 Å². The molecule has 1 nitrogen and oxygen atoms in total. The summed E-state index contributed by atoms with van der Waals surface area (Å²) in [5.74, 6) is 0. The molecule has 0 aliphatic carbocycles. The first-order valence-corrected chi connectivity index (χ1v) is 3.31. The molecule has 0 amide bonds. The Bertz CT molecular complexity index is 67.1. The van der Waals surface area contributed by atoms with E-state index >= 15 is 0 Å². The fourth-order valence-electron chi connectivity index (χ4n) is 0. The van der Waals surface area contributed by atoms with Gasteiger partial charge in [-0.05, 0) is 0 Å². The molecule has 0 aliphatic rings. The van der Waals surface area contributed by atoms with Crippen LogP contribution in [0.2, 0.25) is 0 Å². The summed E-state index contributed by atoms with van der Waals surface area (Å²) in [6.45, 7) is 0. The average molecular weight is 187 g/mol. The van der Waals surface area contributed by atoms with Gasteiger partial charge >= 0.3 is 34.8 Å². The topological polar surface area (TPSA) is 35.0 Å². The molecule has 8 heavy (non-hydrogen) atoms. The molecule has 0 fully saturated rings. The molecule has 0 saturated heterocycles. The van der Waals surface area contributed by atoms with Gasteiger partial charge in [0, 0.05) is 0 Å². The monoisotopic (exact) mass is 187 g/mol. The Hall–Kier alpha value is 0.0595. The van der Waals surface area contributed by atoms with Crippen LogP contribution in [0.5, 0.6) is 0 Å². The van der Waals surface area contributed by atoms with Gasteiger partial charge in [-0.15, -0.1) is 0 Å². The zero-order valence-corrected chi connectivity index (χ0v) is 4.43. The second-order valence-corrected chi connectivity index (χ2v) is 3.12. The zero-order chi connectivity index (χ0) is 6.41. The second-order valence-electron chi connectivity index (χ2n) is 0.758. The van der Waals surface area contributed by atoms with E-state index in [1.54, 1.807) is 0 Å². The molecule has 0 aromatic heterocycles. The van der Waals surface area contributed by atoms with Gasteiger partial charge < -0.3 is 6.15 Å². The van der Waals surface area contributed by atoms with E-state index < -0.39 is 13.5 Å². The molecule has 0 rings (SSSR count). The van der Waals surface area contributed by atoms with Gasteiger partial charge in [0.2, 0.25) is 0 Å². The molecule has 0 aromatic carbocycles. The number of halogens is 6. The molecule has 8 heteroatoms. The van der Waals surface area contributed by atoms with Crippen molar-refractivity contribution < 1.29 is 34.8 Å². The minimum absolute atomic E-state index is 0. The van der Waals surface area contributed by atoms with Gasteiger partial charge in [0.15, 0.2) is 0 Å². The molecule has 0 spiro atoms. The third-order valence-corrected chi connectivity index (χ3v) is 0. The molecule has 0 radical (unpaired) electrons. The van der Waals surface area contributed by atoms with Crippen LogP contribution in [0.3, 0.4) is 0 Å². The first-order valence-electron chi connectivity index (χ1n) is 0.802. The van der Waals surface area contributed by atoms with Crippen LogP contribution in [0.4, 0.5) is 21.3 Å². The zero-order valence-electron chi connectivity index (χ0n) is 3.33. The third kappa shape index (κ3) is 43800. The van der Waals surface area contributed by atoms with Crippen LogP contribution in [0.1, 0.15) is 0 Å². The van der Waals surface area contributed by atoms with Gasteiger partial charge in [-0.3, -0.25) is 0 Å². The summed E-state index contributed by atoms with van der Waals surface area (Å²) >= 11 is -10.8. The number of hydrogen-bond acceptors (Lipinski definition) is 1. The SMILES string of the molecule is N.[F][Fe]([F])([F])([F])([F])[F]. The average Bonchev–Trinajstić information content (AvgIpc) is 0.592. The quantitative estimate of drug-likeness (QED) is 0.459. The maximum absolute atomic E-state index is 10.8. The van der Waals surface area contributed by atoms with Crippen molar-refractivity contribution in [3.05, 3.63) is 0 Å². The van der Waals surface area contributed by atoms with Crippen LogP contribution in [-0.4, -0.2) is 0 Å². The molecule has 0 aromatic rings. The van der Waals surface area contributed by atoms with Crippen molar-refractivity contribution in [2.24, 2.45) is 0 Å². The molecule has 3 N–H and O–H groups in total. The predicted octanol–water partition coefficient (Wildman–Crippen LogP) is 2.68. The summed E-state index contributed by atoms with van der Waals surface area (Å²) in [7, 11) is 0. The van der Waals surface area contributed by atoms with Crippen molar-refractivity contribution in [2.45, 2.75) is 0 Å². The number of hydrogen-bond donors (Lipinski definition) is 1. The van der Waals surface area contributed by atoms with E-state index in [0.29, 0.717) is 0 Å². The third-order valence-electron chi connectivity index (χ3n) is 0. The maximum atomic E-state index is 9.88. The summed E-state index contributed by atoms with van der Waals surface area (Å²) in [5, 5.41) is 0. The molecule has 0 bridgehead atoms. The molecule has 0 heterocycles. The van der Waals surface area contributed by atoms with Crippen molar-refractivity contribution in [3.8, 4) is 0 Å². The Morgan fingerprint density at radius 1 is 0.625 bits per heavy atom. The Kier molecular flexibility index (Phi) is 1.56. The molecule has 0 saturated carbocycles. The van der Waals surface area contributed by atoms with Gasteiger partial charge in [0.05, 0.1) is 0 Å². The van der Waals surface area contributed by atoms with E-state index in [1.165, 1.54) is 0 Å². The van der Waals surface area contributed by atoms with Crippen LogP contribution in [-0.2, 0) is 13.5 Å². The van der Waals surface area contributed by atoms with Crippen LogP contribution < -0.4 is 6.15 Å². The van der Waals surface area contributed by atoms with Crippen molar-refractivity contribution in [1.82, 2.24) is 6.15 Å². The van der Waals surface area contributed by atoms with E-state index in [9.17, 15) is 21.3 Å².